The molecule has 0 spiro atoms. The molecule has 0 aromatic heterocycles. The molecule has 4 rings (SSSR count). The molecule has 0 bridgehead atoms. The number of benzene rings is 2. The van der Waals surface area contributed by atoms with E-state index in [1.165, 1.54) is 5.56 Å². The third-order valence-corrected chi connectivity index (χ3v) is 5.54. The first-order valence-electron chi connectivity index (χ1n) is 11.2. The van der Waals surface area contributed by atoms with Crippen LogP contribution >= 0.6 is 0 Å². The van der Waals surface area contributed by atoms with Crippen LogP contribution in [0.5, 0.6) is 5.75 Å². The van der Waals surface area contributed by atoms with E-state index < -0.39 is 7.12 Å². The summed E-state index contributed by atoms with van der Waals surface area (Å²) in [4.78, 5) is 21.7. The number of allylic oxidation sites excluding steroid dienone is 2. The van der Waals surface area contributed by atoms with Gasteiger partial charge in [0, 0.05) is 19.3 Å². The van der Waals surface area contributed by atoms with E-state index in [0.29, 0.717) is 23.6 Å². The number of aryl methyl sites for hydroxylation is 1. The zero-order valence-electron chi connectivity index (χ0n) is 19.0. The van der Waals surface area contributed by atoms with Gasteiger partial charge < -0.3 is 14.8 Å². The molecule has 1 unspecified atom stereocenters. The monoisotopic (exact) mass is 436 g/mol. The fourth-order valence-corrected chi connectivity index (χ4v) is 3.62. The number of rotatable bonds is 3. The Morgan fingerprint density at radius 3 is 2.09 bits per heavy atom. The molecule has 2 N–H and O–H groups in total. The summed E-state index contributed by atoms with van der Waals surface area (Å²) in [6, 6.07) is 15.1. The van der Waals surface area contributed by atoms with Crippen molar-refractivity contribution in [1.82, 2.24) is 0 Å². The van der Waals surface area contributed by atoms with Crippen LogP contribution in [0.2, 0.25) is 0 Å². The second kappa shape index (κ2) is 13.7. The van der Waals surface area contributed by atoms with Gasteiger partial charge in [-0.15, -0.1) is 0 Å². The van der Waals surface area contributed by atoms with Gasteiger partial charge in [-0.2, -0.15) is 0 Å². The lowest BCUT2D eigenvalue weighted by Crippen LogP contribution is -2.29. The van der Waals surface area contributed by atoms with E-state index in [0.717, 1.165) is 49.8 Å². The fraction of sp³-hybridized carbons (Fsp3) is 0.385. The molecule has 5 nitrogen and oxygen atoms in total. The second-order valence-electron chi connectivity index (χ2n) is 8.15. The van der Waals surface area contributed by atoms with Crippen molar-refractivity contribution in [2.45, 2.75) is 57.8 Å². The van der Waals surface area contributed by atoms with Gasteiger partial charge in [-0.05, 0) is 67.8 Å². The van der Waals surface area contributed by atoms with Crippen LogP contribution in [0.1, 0.15) is 62.0 Å². The highest BCUT2D eigenvalue weighted by Gasteiger charge is 2.20. The zero-order chi connectivity index (χ0) is 23.3. The molecule has 0 amide bonds. The quantitative estimate of drug-likeness (QED) is 0.714. The van der Waals surface area contributed by atoms with Crippen molar-refractivity contribution < 1.29 is 24.4 Å². The first-order valence-corrected chi connectivity index (χ1v) is 11.2. The highest BCUT2D eigenvalue weighted by Crippen LogP contribution is 2.31. The molecular formula is C26H33BO5. The molecule has 1 atom stereocenters. The predicted molar refractivity (Wildman–Crippen MR) is 128 cm³/mol. The van der Waals surface area contributed by atoms with Crippen LogP contribution in [0.25, 0.3) is 0 Å². The summed E-state index contributed by atoms with van der Waals surface area (Å²) in [7, 11) is 0.319. The number of Topliss-reactive ketones (excluding diaryl/α,β-unsaturated/α-hetero) is 1. The minimum Gasteiger partial charge on any atom is -0.497 e. The number of methoxy groups -OCH3 is 1. The molecule has 2 aliphatic carbocycles. The standard InChI is InChI=1S/C13H16O2.C7H9BO2.C6H8O/c1-15-13-7-5-10(6-8-13)11-3-2-4-12(14)9-11;1-6-2-4-7(5-3-6)8(9)10;7-6-4-2-1-3-5-6/h5-8,11H,2-4,9H2,1H3;2-5,9-10H,1H3;2,4H,1,3,5H2. The van der Waals surface area contributed by atoms with E-state index in [1.54, 1.807) is 25.3 Å². The van der Waals surface area contributed by atoms with E-state index in [9.17, 15) is 9.59 Å². The van der Waals surface area contributed by atoms with Crippen LogP contribution < -0.4 is 10.2 Å². The number of ether oxygens (including phenoxy) is 1. The summed E-state index contributed by atoms with van der Waals surface area (Å²) < 4.78 is 5.11. The van der Waals surface area contributed by atoms with Gasteiger partial charge >= 0.3 is 7.12 Å². The summed E-state index contributed by atoms with van der Waals surface area (Å²) >= 11 is 0. The maximum Gasteiger partial charge on any atom is 0.488 e. The summed E-state index contributed by atoms with van der Waals surface area (Å²) in [6.45, 7) is 1.95. The van der Waals surface area contributed by atoms with Crippen LogP contribution in [0, 0.1) is 6.92 Å². The van der Waals surface area contributed by atoms with Gasteiger partial charge in [0.25, 0.3) is 0 Å². The number of hydrogen-bond donors (Lipinski definition) is 2. The topological polar surface area (TPSA) is 83.8 Å². The molecule has 2 aliphatic rings. The number of carbonyl (C=O) groups is 2. The number of ketones is 2. The molecule has 170 valence electrons. The molecule has 2 aromatic carbocycles. The van der Waals surface area contributed by atoms with Crippen LogP contribution in [-0.2, 0) is 9.59 Å². The molecule has 6 heteroatoms. The third-order valence-electron chi connectivity index (χ3n) is 5.54. The normalized spacial score (nSPS) is 17.4. The maximum atomic E-state index is 11.3. The van der Waals surface area contributed by atoms with Crippen molar-refractivity contribution in [2.24, 2.45) is 0 Å². The Hall–Kier alpha value is -2.70. The first kappa shape index (κ1) is 25.6. The third kappa shape index (κ3) is 9.21. The molecule has 0 saturated heterocycles. The minimum atomic E-state index is -1.35. The molecule has 0 radical (unpaired) electrons. The van der Waals surface area contributed by atoms with Gasteiger partial charge in [0.1, 0.15) is 11.5 Å². The minimum absolute atomic E-state index is 0.284. The zero-order valence-corrected chi connectivity index (χ0v) is 19.0. The summed E-state index contributed by atoms with van der Waals surface area (Å²) in [5.41, 5.74) is 2.92. The van der Waals surface area contributed by atoms with Crippen LogP contribution in [0.4, 0.5) is 0 Å². The average Bonchev–Trinajstić information content (AvgIpc) is 2.81. The van der Waals surface area contributed by atoms with Gasteiger partial charge in [0.2, 0.25) is 0 Å². The maximum absolute atomic E-state index is 11.3. The number of hydrogen-bond acceptors (Lipinski definition) is 5. The Bertz CT molecular complexity index is 872. The Labute approximate surface area is 191 Å². The predicted octanol–water partition coefficient (Wildman–Crippen LogP) is 3.89. The van der Waals surface area contributed by atoms with E-state index in [2.05, 4.69) is 12.1 Å². The highest BCUT2D eigenvalue weighted by molar-refractivity contribution is 6.58. The lowest BCUT2D eigenvalue weighted by atomic mass is 9.80. The SMILES string of the molecule is COc1ccc(C2CCCC(=O)C2)cc1.Cc1ccc(B(O)O)cc1.O=C1C=CCCC1. The Morgan fingerprint density at radius 1 is 0.938 bits per heavy atom. The van der Waals surface area contributed by atoms with E-state index >= 15 is 0 Å². The van der Waals surface area contributed by atoms with Gasteiger partial charge in [0.15, 0.2) is 5.78 Å². The molecular weight excluding hydrogens is 403 g/mol. The highest BCUT2D eigenvalue weighted by atomic mass is 16.5. The summed E-state index contributed by atoms with van der Waals surface area (Å²) in [5.74, 6) is 1.99. The van der Waals surface area contributed by atoms with Gasteiger partial charge in [-0.25, -0.2) is 0 Å². The van der Waals surface area contributed by atoms with Gasteiger partial charge in [-0.1, -0.05) is 48.0 Å². The molecule has 32 heavy (non-hydrogen) atoms. The van der Waals surface area contributed by atoms with Crippen molar-refractivity contribution in [3.05, 3.63) is 71.8 Å². The van der Waals surface area contributed by atoms with Crippen molar-refractivity contribution >= 4 is 24.1 Å². The average molecular weight is 436 g/mol. The van der Waals surface area contributed by atoms with Gasteiger partial charge in [-0.3, -0.25) is 9.59 Å². The Balaban J connectivity index is 0.000000184. The Morgan fingerprint density at radius 2 is 1.62 bits per heavy atom. The van der Waals surface area contributed by atoms with Crippen LogP contribution in [-0.4, -0.2) is 35.8 Å². The Kier molecular flexibility index (Phi) is 10.9. The van der Waals surface area contributed by atoms with Crippen molar-refractivity contribution in [3.8, 4) is 5.75 Å². The lowest BCUT2D eigenvalue weighted by Gasteiger charge is -2.21. The van der Waals surface area contributed by atoms with Crippen molar-refractivity contribution in [3.63, 3.8) is 0 Å². The van der Waals surface area contributed by atoms with Crippen LogP contribution in [0.3, 0.4) is 0 Å². The van der Waals surface area contributed by atoms with Crippen molar-refractivity contribution in [1.29, 1.82) is 0 Å². The van der Waals surface area contributed by atoms with Gasteiger partial charge in [0.05, 0.1) is 7.11 Å². The largest absolute Gasteiger partial charge is 0.497 e. The summed E-state index contributed by atoms with van der Waals surface area (Å²) in [5, 5.41) is 17.3. The molecule has 1 fully saturated rings. The fourth-order valence-electron chi connectivity index (χ4n) is 3.62. The van der Waals surface area contributed by atoms with Crippen molar-refractivity contribution in [2.75, 3.05) is 7.11 Å². The number of carbonyl (C=O) groups excluding carboxylic acids is 2. The first-order chi connectivity index (χ1) is 15.4. The second-order valence-corrected chi connectivity index (χ2v) is 8.15. The molecule has 2 aromatic rings. The summed E-state index contributed by atoms with van der Waals surface area (Å²) in [6.07, 6.45) is 10.2. The molecule has 0 aliphatic heterocycles. The lowest BCUT2D eigenvalue weighted by molar-refractivity contribution is -0.120. The smallest absolute Gasteiger partial charge is 0.488 e. The molecule has 0 heterocycles. The van der Waals surface area contributed by atoms with E-state index in [4.69, 9.17) is 14.8 Å². The molecule has 1 saturated carbocycles. The van der Waals surface area contributed by atoms with Crippen LogP contribution in [0.15, 0.2) is 60.7 Å². The van der Waals surface area contributed by atoms with E-state index in [-0.39, 0.29) is 5.78 Å². The van der Waals surface area contributed by atoms with E-state index in [1.807, 2.05) is 37.3 Å².